The normalized spacial score (nSPS) is 11.0. The molecule has 0 aliphatic heterocycles. The third-order valence-electron chi connectivity index (χ3n) is 2.61. The standard InChI is InChI=1S/C13H14N2O/c1-8(2)13(16)12-9(3)14-15-11-7-5-4-6-10(11)12/h4-8H,1-3H3. The summed E-state index contributed by atoms with van der Waals surface area (Å²) >= 11 is 0. The lowest BCUT2D eigenvalue weighted by molar-refractivity contribution is 0.0940. The molecule has 3 nitrogen and oxygen atoms in total. The maximum atomic E-state index is 12.1. The molecule has 0 spiro atoms. The number of carbonyl (C=O) groups excluding carboxylic acids is 1. The molecule has 0 amide bonds. The lowest BCUT2D eigenvalue weighted by Crippen LogP contribution is -2.11. The number of ketones is 1. The zero-order valence-corrected chi connectivity index (χ0v) is 9.69. The van der Waals surface area contributed by atoms with Crippen molar-refractivity contribution in [2.45, 2.75) is 20.8 Å². The van der Waals surface area contributed by atoms with Crippen molar-refractivity contribution < 1.29 is 4.79 Å². The van der Waals surface area contributed by atoms with Crippen LogP contribution in [0.2, 0.25) is 0 Å². The van der Waals surface area contributed by atoms with Crippen LogP contribution in [0.15, 0.2) is 24.3 Å². The molecule has 1 aromatic heterocycles. The van der Waals surface area contributed by atoms with E-state index in [9.17, 15) is 4.79 Å². The minimum Gasteiger partial charge on any atom is -0.294 e. The predicted molar refractivity (Wildman–Crippen MR) is 63.4 cm³/mol. The van der Waals surface area contributed by atoms with Crippen molar-refractivity contribution in [1.29, 1.82) is 0 Å². The van der Waals surface area contributed by atoms with E-state index in [0.29, 0.717) is 11.3 Å². The Morgan fingerprint density at radius 2 is 1.88 bits per heavy atom. The number of hydrogen-bond acceptors (Lipinski definition) is 3. The van der Waals surface area contributed by atoms with Crippen LogP contribution >= 0.6 is 0 Å². The van der Waals surface area contributed by atoms with E-state index in [0.717, 1.165) is 10.9 Å². The van der Waals surface area contributed by atoms with Crippen LogP contribution in [0.4, 0.5) is 0 Å². The fourth-order valence-electron chi connectivity index (χ4n) is 1.75. The molecule has 82 valence electrons. The maximum absolute atomic E-state index is 12.1. The number of fused-ring (bicyclic) bond motifs is 1. The third-order valence-corrected chi connectivity index (χ3v) is 2.61. The summed E-state index contributed by atoms with van der Waals surface area (Å²) in [6, 6.07) is 7.61. The average molecular weight is 214 g/mol. The zero-order valence-electron chi connectivity index (χ0n) is 9.69. The summed E-state index contributed by atoms with van der Waals surface area (Å²) in [5, 5.41) is 9.02. The van der Waals surface area contributed by atoms with Crippen LogP contribution in [-0.2, 0) is 0 Å². The smallest absolute Gasteiger partial charge is 0.167 e. The predicted octanol–water partition coefficient (Wildman–Crippen LogP) is 2.78. The van der Waals surface area contributed by atoms with Crippen LogP contribution in [0, 0.1) is 12.8 Å². The van der Waals surface area contributed by atoms with Crippen molar-refractivity contribution in [2.75, 3.05) is 0 Å². The lowest BCUT2D eigenvalue weighted by atomic mass is 9.96. The fraction of sp³-hybridized carbons (Fsp3) is 0.308. The van der Waals surface area contributed by atoms with E-state index in [2.05, 4.69) is 10.2 Å². The number of aryl methyl sites for hydroxylation is 1. The number of rotatable bonds is 2. The first-order chi connectivity index (χ1) is 7.61. The Morgan fingerprint density at radius 1 is 1.19 bits per heavy atom. The van der Waals surface area contributed by atoms with Gasteiger partial charge < -0.3 is 0 Å². The molecule has 1 aromatic carbocycles. The Kier molecular flexibility index (Phi) is 2.69. The molecule has 0 N–H and O–H groups in total. The summed E-state index contributed by atoms with van der Waals surface area (Å²) in [4.78, 5) is 12.1. The van der Waals surface area contributed by atoms with E-state index in [1.165, 1.54) is 0 Å². The van der Waals surface area contributed by atoms with E-state index < -0.39 is 0 Å². The largest absolute Gasteiger partial charge is 0.294 e. The number of hydrogen-bond donors (Lipinski definition) is 0. The van der Waals surface area contributed by atoms with Crippen molar-refractivity contribution in [3.63, 3.8) is 0 Å². The molecule has 2 rings (SSSR count). The number of nitrogens with zero attached hydrogens (tertiary/aromatic N) is 2. The second-order valence-electron chi connectivity index (χ2n) is 4.20. The Morgan fingerprint density at radius 3 is 2.56 bits per heavy atom. The first kappa shape index (κ1) is 10.7. The maximum Gasteiger partial charge on any atom is 0.167 e. The molecule has 0 atom stereocenters. The highest BCUT2D eigenvalue weighted by Gasteiger charge is 2.17. The van der Waals surface area contributed by atoms with Crippen LogP contribution in [0.3, 0.4) is 0 Å². The number of Topliss-reactive ketones (excluding diaryl/α,β-unsaturated/α-hetero) is 1. The topological polar surface area (TPSA) is 42.9 Å². The van der Waals surface area contributed by atoms with Crippen LogP contribution in [0.1, 0.15) is 29.9 Å². The van der Waals surface area contributed by atoms with E-state index in [-0.39, 0.29) is 11.7 Å². The van der Waals surface area contributed by atoms with Gasteiger partial charge in [0.05, 0.1) is 16.8 Å². The molecule has 0 aliphatic carbocycles. The fourth-order valence-corrected chi connectivity index (χ4v) is 1.75. The second kappa shape index (κ2) is 4.00. The van der Waals surface area contributed by atoms with Gasteiger partial charge in [-0.25, -0.2) is 0 Å². The van der Waals surface area contributed by atoms with Crippen LogP contribution in [0.5, 0.6) is 0 Å². The van der Waals surface area contributed by atoms with Crippen LogP contribution < -0.4 is 0 Å². The summed E-state index contributed by atoms with van der Waals surface area (Å²) in [7, 11) is 0. The van der Waals surface area contributed by atoms with Crippen molar-refractivity contribution >= 4 is 16.7 Å². The number of benzene rings is 1. The average Bonchev–Trinajstić information content (AvgIpc) is 2.28. The van der Waals surface area contributed by atoms with Gasteiger partial charge in [0.25, 0.3) is 0 Å². The summed E-state index contributed by atoms with van der Waals surface area (Å²) in [6.45, 7) is 5.63. The highest BCUT2D eigenvalue weighted by Crippen LogP contribution is 2.21. The monoisotopic (exact) mass is 214 g/mol. The van der Waals surface area contributed by atoms with Gasteiger partial charge in [0.1, 0.15) is 0 Å². The molecule has 0 unspecified atom stereocenters. The lowest BCUT2D eigenvalue weighted by Gasteiger charge is -2.09. The molecule has 1 heterocycles. The summed E-state index contributed by atoms with van der Waals surface area (Å²) < 4.78 is 0. The van der Waals surface area contributed by atoms with Gasteiger partial charge in [-0.15, -0.1) is 0 Å². The molecule has 3 heteroatoms. The van der Waals surface area contributed by atoms with Gasteiger partial charge in [0.15, 0.2) is 5.78 Å². The van der Waals surface area contributed by atoms with E-state index in [4.69, 9.17) is 0 Å². The first-order valence-corrected chi connectivity index (χ1v) is 5.37. The summed E-state index contributed by atoms with van der Waals surface area (Å²) in [6.07, 6.45) is 0. The molecule has 0 aliphatic rings. The minimum atomic E-state index is -0.0219. The zero-order chi connectivity index (χ0) is 11.7. The second-order valence-corrected chi connectivity index (χ2v) is 4.20. The number of carbonyl (C=O) groups is 1. The summed E-state index contributed by atoms with van der Waals surface area (Å²) in [5.41, 5.74) is 2.19. The number of aromatic nitrogens is 2. The van der Waals surface area contributed by atoms with Gasteiger partial charge >= 0.3 is 0 Å². The van der Waals surface area contributed by atoms with Gasteiger partial charge in [-0.05, 0) is 13.0 Å². The van der Waals surface area contributed by atoms with Crippen molar-refractivity contribution in [3.05, 3.63) is 35.5 Å². The minimum absolute atomic E-state index is 0.0219. The first-order valence-electron chi connectivity index (χ1n) is 5.37. The Hall–Kier alpha value is -1.77. The van der Waals surface area contributed by atoms with E-state index >= 15 is 0 Å². The molecule has 0 saturated heterocycles. The Bertz CT molecular complexity index is 547. The summed E-state index contributed by atoms with van der Waals surface area (Å²) in [5.74, 6) is 0.106. The van der Waals surface area contributed by atoms with Crippen LogP contribution in [0.25, 0.3) is 10.9 Å². The molecule has 0 radical (unpaired) electrons. The molecule has 16 heavy (non-hydrogen) atoms. The molecule has 2 aromatic rings. The molecular weight excluding hydrogens is 200 g/mol. The molecule has 0 bridgehead atoms. The van der Waals surface area contributed by atoms with Gasteiger partial charge in [-0.2, -0.15) is 10.2 Å². The quantitative estimate of drug-likeness (QED) is 0.722. The SMILES string of the molecule is Cc1nnc2ccccc2c1C(=O)C(C)C. The molecular formula is C13H14N2O. The Labute approximate surface area is 94.5 Å². The van der Waals surface area contributed by atoms with Gasteiger partial charge in [0, 0.05) is 11.3 Å². The van der Waals surface area contributed by atoms with Crippen molar-refractivity contribution in [2.24, 2.45) is 5.92 Å². The third kappa shape index (κ3) is 1.69. The van der Waals surface area contributed by atoms with Crippen molar-refractivity contribution in [3.8, 4) is 0 Å². The highest BCUT2D eigenvalue weighted by molar-refractivity contribution is 6.08. The van der Waals surface area contributed by atoms with E-state index in [1.54, 1.807) is 0 Å². The van der Waals surface area contributed by atoms with E-state index in [1.807, 2.05) is 45.0 Å². The van der Waals surface area contributed by atoms with Gasteiger partial charge in [-0.3, -0.25) is 4.79 Å². The van der Waals surface area contributed by atoms with Crippen LogP contribution in [-0.4, -0.2) is 16.0 Å². The highest BCUT2D eigenvalue weighted by atomic mass is 16.1. The van der Waals surface area contributed by atoms with Gasteiger partial charge in [0.2, 0.25) is 0 Å². The van der Waals surface area contributed by atoms with Crippen molar-refractivity contribution in [1.82, 2.24) is 10.2 Å². The van der Waals surface area contributed by atoms with Gasteiger partial charge in [-0.1, -0.05) is 32.0 Å². The molecule has 0 fully saturated rings. The molecule has 0 saturated carbocycles. The Balaban J connectivity index is 2.75.